The van der Waals surface area contributed by atoms with Crippen molar-refractivity contribution in [1.82, 2.24) is 9.78 Å². The maximum atomic E-state index is 5.59. The number of nitrogens with two attached hydrogens (primary N) is 1. The van der Waals surface area contributed by atoms with Gasteiger partial charge < -0.3 is 5.73 Å². The molecule has 1 aromatic carbocycles. The van der Waals surface area contributed by atoms with E-state index >= 15 is 0 Å². The van der Waals surface area contributed by atoms with Gasteiger partial charge in [0.1, 0.15) is 0 Å². The Morgan fingerprint density at radius 3 is 2.50 bits per heavy atom. The van der Waals surface area contributed by atoms with Crippen LogP contribution in [0.2, 0.25) is 0 Å². The van der Waals surface area contributed by atoms with Gasteiger partial charge in [-0.05, 0) is 57.0 Å². The summed E-state index contributed by atoms with van der Waals surface area (Å²) in [5.74, 6) is 0. The lowest BCUT2D eigenvalue weighted by Crippen LogP contribution is -2.04. The zero-order valence-corrected chi connectivity index (χ0v) is 12.6. The van der Waals surface area contributed by atoms with Crippen LogP contribution in [0.25, 0.3) is 5.69 Å². The summed E-state index contributed by atoms with van der Waals surface area (Å²) in [5, 5.41) is 4.57. The Labute approximate surface area is 116 Å². The van der Waals surface area contributed by atoms with E-state index < -0.39 is 0 Å². The summed E-state index contributed by atoms with van der Waals surface area (Å²) in [5.41, 5.74) is 11.4. The smallest absolute Gasteiger partial charge is 0.0660 e. The quantitative estimate of drug-likeness (QED) is 0.947. The third kappa shape index (κ3) is 2.35. The second-order valence-electron chi connectivity index (χ2n) is 4.52. The lowest BCUT2D eigenvalue weighted by Gasteiger charge is -2.08. The molecule has 2 N–H and O–H groups in total. The van der Waals surface area contributed by atoms with Gasteiger partial charge in [-0.25, -0.2) is 4.68 Å². The number of hydrogen-bond donors (Lipinski definition) is 1. The third-order valence-corrected chi connectivity index (χ3v) is 4.09. The van der Waals surface area contributed by atoms with Crippen molar-refractivity contribution in [3.63, 3.8) is 0 Å². The van der Waals surface area contributed by atoms with E-state index in [9.17, 15) is 0 Å². The predicted octanol–water partition coefficient (Wildman–Crippen LogP) is 3.06. The van der Waals surface area contributed by atoms with Gasteiger partial charge in [0.25, 0.3) is 0 Å². The zero-order chi connectivity index (χ0) is 13.3. The molecule has 0 spiro atoms. The maximum absolute atomic E-state index is 5.59. The Bertz CT molecular complexity index is 573. The van der Waals surface area contributed by atoms with Crippen molar-refractivity contribution in [2.45, 2.75) is 27.2 Å². The molecular formula is C14H18BrN3. The van der Waals surface area contributed by atoms with Gasteiger partial charge in [-0.15, -0.1) is 0 Å². The molecule has 0 aliphatic heterocycles. The fourth-order valence-corrected chi connectivity index (χ4v) is 2.56. The lowest BCUT2D eigenvalue weighted by molar-refractivity contribution is 0.830. The maximum Gasteiger partial charge on any atom is 0.0660 e. The van der Waals surface area contributed by atoms with Crippen molar-refractivity contribution in [1.29, 1.82) is 0 Å². The van der Waals surface area contributed by atoms with Crippen LogP contribution in [0, 0.1) is 20.8 Å². The minimum absolute atomic E-state index is 0.664. The topological polar surface area (TPSA) is 43.8 Å². The standard InChI is InChI=1S/C14H18BrN3/c1-9-10(2)17-18(11(9)3)13-5-4-12(6-7-16)14(15)8-13/h4-5,8H,6-7,16H2,1-3H3. The molecule has 1 aromatic heterocycles. The molecule has 3 nitrogen and oxygen atoms in total. The number of benzene rings is 1. The third-order valence-electron chi connectivity index (χ3n) is 3.35. The highest BCUT2D eigenvalue weighted by molar-refractivity contribution is 9.10. The lowest BCUT2D eigenvalue weighted by atomic mass is 10.1. The van der Waals surface area contributed by atoms with Crippen molar-refractivity contribution in [2.75, 3.05) is 6.54 Å². The summed E-state index contributed by atoms with van der Waals surface area (Å²) in [4.78, 5) is 0. The van der Waals surface area contributed by atoms with E-state index in [1.165, 1.54) is 16.8 Å². The molecule has 18 heavy (non-hydrogen) atoms. The minimum atomic E-state index is 0.664. The molecule has 0 amide bonds. The van der Waals surface area contributed by atoms with E-state index in [-0.39, 0.29) is 0 Å². The van der Waals surface area contributed by atoms with E-state index in [1.54, 1.807) is 0 Å². The Kier molecular flexibility index (Phi) is 3.88. The average molecular weight is 308 g/mol. The summed E-state index contributed by atoms with van der Waals surface area (Å²) in [6.45, 7) is 6.90. The second kappa shape index (κ2) is 5.24. The normalized spacial score (nSPS) is 10.9. The molecule has 0 radical (unpaired) electrons. The molecule has 0 saturated carbocycles. The van der Waals surface area contributed by atoms with Gasteiger partial charge in [0.15, 0.2) is 0 Å². The van der Waals surface area contributed by atoms with Crippen molar-refractivity contribution in [2.24, 2.45) is 5.73 Å². The van der Waals surface area contributed by atoms with E-state index in [1.807, 2.05) is 11.6 Å². The SMILES string of the molecule is Cc1nn(-c2ccc(CCN)c(Br)c2)c(C)c1C. The predicted molar refractivity (Wildman–Crippen MR) is 78.2 cm³/mol. The highest BCUT2D eigenvalue weighted by Gasteiger charge is 2.10. The van der Waals surface area contributed by atoms with Crippen LogP contribution >= 0.6 is 15.9 Å². The van der Waals surface area contributed by atoms with Crippen molar-refractivity contribution >= 4 is 15.9 Å². The number of aromatic nitrogens is 2. The molecule has 0 bridgehead atoms. The minimum Gasteiger partial charge on any atom is -0.330 e. The first kappa shape index (κ1) is 13.3. The van der Waals surface area contributed by atoms with Crippen LogP contribution in [-0.2, 0) is 6.42 Å². The Morgan fingerprint density at radius 2 is 2.00 bits per heavy atom. The molecule has 2 aromatic rings. The summed E-state index contributed by atoms with van der Waals surface area (Å²) in [7, 11) is 0. The fraction of sp³-hybridized carbons (Fsp3) is 0.357. The van der Waals surface area contributed by atoms with E-state index in [4.69, 9.17) is 5.73 Å². The van der Waals surface area contributed by atoms with Crippen molar-refractivity contribution < 1.29 is 0 Å². The fourth-order valence-electron chi connectivity index (χ4n) is 2.00. The summed E-state index contributed by atoms with van der Waals surface area (Å²) in [6, 6.07) is 6.30. The van der Waals surface area contributed by atoms with Gasteiger partial charge >= 0.3 is 0 Å². The second-order valence-corrected chi connectivity index (χ2v) is 5.38. The van der Waals surface area contributed by atoms with Crippen LogP contribution in [0.3, 0.4) is 0 Å². The first-order chi connectivity index (χ1) is 8.54. The molecule has 0 aliphatic carbocycles. The largest absolute Gasteiger partial charge is 0.330 e. The van der Waals surface area contributed by atoms with E-state index in [0.29, 0.717) is 6.54 Å². The first-order valence-electron chi connectivity index (χ1n) is 6.06. The molecule has 0 atom stereocenters. The number of nitrogens with zero attached hydrogens (tertiary/aromatic N) is 2. The van der Waals surface area contributed by atoms with Crippen LogP contribution in [0.5, 0.6) is 0 Å². The molecule has 96 valence electrons. The number of aryl methyl sites for hydroxylation is 1. The molecule has 1 heterocycles. The monoisotopic (exact) mass is 307 g/mol. The van der Waals surface area contributed by atoms with Crippen LogP contribution in [-0.4, -0.2) is 16.3 Å². The summed E-state index contributed by atoms with van der Waals surface area (Å²) < 4.78 is 3.08. The van der Waals surface area contributed by atoms with Gasteiger partial charge in [0.05, 0.1) is 11.4 Å². The Balaban J connectivity index is 2.45. The summed E-state index contributed by atoms with van der Waals surface area (Å²) in [6.07, 6.45) is 0.886. The summed E-state index contributed by atoms with van der Waals surface area (Å²) >= 11 is 3.60. The van der Waals surface area contributed by atoms with Gasteiger partial charge in [-0.2, -0.15) is 5.10 Å². The van der Waals surface area contributed by atoms with Gasteiger partial charge in [-0.3, -0.25) is 0 Å². The van der Waals surface area contributed by atoms with E-state index in [2.05, 4.69) is 53.1 Å². The number of hydrogen-bond acceptors (Lipinski definition) is 2. The van der Waals surface area contributed by atoms with E-state index in [0.717, 1.165) is 22.3 Å². The number of halogens is 1. The Hall–Kier alpha value is -1.13. The van der Waals surface area contributed by atoms with Crippen LogP contribution in [0.4, 0.5) is 0 Å². The highest BCUT2D eigenvalue weighted by atomic mass is 79.9. The molecular weight excluding hydrogens is 290 g/mol. The van der Waals surface area contributed by atoms with Crippen molar-refractivity contribution in [3.8, 4) is 5.69 Å². The molecule has 2 rings (SSSR count). The van der Waals surface area contributed by atoms with Gasteiger partial charge in [0, 0.05) is 10.2 Å². The molecule has 0 unspecified atom stereocenters. The highest BCUT2D eigenvalue weighted by Crippen LogP contribution is 2.23. The molecule has 0 fully saturated rings. The first-order valence-corrected chi connectivity index (χ1v) is 6.85. The molecule has 4 heteroatoms. The number of rotatable bonds is 3. The molecule has 0 saturated heterocycles. The van der Waals surface area contributed by atoms with Crippen LogP contribution in [0.1, 0.15) is 22.5 Å². The zero-order valence-electron chi connectivity index (χ0n) is 11.0. The van der Waals surface area contributed by atoms with Crippen molar-refractivity contribution in [3.05, 3.63) is 45.2 Å². The van der Waals surface area contributed by atoms with Crippen LogP contribution in [0.15, 0.2) is 22.7 Å². The van der Waals surface area contributed by atoms with Crippen LogP contribution < -0.4 is 5.73 Å². The van der Waals surface area contributed by atoms with Gasteiger partial charge in [-0.1, -0.05) is 22.0 Å². The molecule has 0 aliphatic rings. The van der Waals surface area contributed by atoms with Gasteiger partial charge in [0.2, 0.25) is 0 Å². The Morgan fingerprint density at radius 1 is 1.28 bits per heavy atom. The average Bonchev–Trinajstić information content (AvgIpc) is 2.60.